The molecule has 1 unspecified atom stereocenters. The Balaban J connectivity index is 1.66. The fourth-order valence-electron chi connectivity index (χ4n) is 3.49. The normalized spacial score (nSPS) is 16.7. The largest absolute Gasteiger partial charge is 0.356 e. The maximum absolute atomic E-state index is 13.0. The Kier molecular flexibility index (Phi) is 5.68. The first-order valence-electron chi connectivity index (χ1n) is 9.65. The number of nitrogens with one attached hydrogen (secondary N) is 1. The number of carbonyl (C=O) groups excluding carboxylic acids is 2. The van der Waals surface area contributed by atoms with E-state index < -0.39 is 5.41 Å². The van der Waals surface area contributed by atoms with Gasteiger partial charge in [0.15, 0.2) is 0 Å². The van der Waals surface area contributed by atoms with Gasteiger partial charge in [-0.05, 0) is 24.1 Å². The summed E-state index contributed by atoms with van der Waals surface area (Å²) in [5, 5.41) is 2.92. The van der Waals surface area contributed by atoms with Gasteiger partial charge < -0.3 is 14.8 Å². The fourth-order valence-corrected chi connectivity index (χ4v) is 3.49. The number of rotatable bonds is 5. The van der Waals surface area contributed by atoms with Gasteiger partial charge in [0.25, 0.3) is 0 Å². The summed E-state index contributed by atoms with van der Waals surface area (Å²) in [5.74, 6) is 0.161. The number of hydrogen-bond acceptors (Lipinski definition) is 2. The molecule has 0 aliphatic carbocycles. The van der Waals surface area contributed by atoms with E-state index in [1.165, 1.54) is 0 Å². The quantitative estimate of drug-likeness (QED) is 0.824. The second-order valence-electron chi connectivity index (χ2n) is 8.14. The van der Waals surface area contributed by atoms with Crippen LogP contribution >= 0.6 is 0 Å². The van der Waals surface area contributed by atoms with E-state index in [9.17, 15) is 9.59 Å². The van der Waals surface area contributed by atoms with Crippen LogP contribution in [0.3, 0.4) is 0 Å². The molecule has 0 fully saturated rings. The molecule has 1 aromatic heterocycles. The highest BCUT2D eigenvalue weighted by Crippen LogP contribution is 2.32. The van der Waals surface area contributed by atoms with Gasteiger partial charge in [-0.2, -0.15) is 0 Å². The Morgan fingerprint density at radius 1 is 1.07 bits per heavy atom. The lowest BCUT2D eigenvalue weighted by molar-refractivity contribution is -0.134. The number of carbonyl (C=O) groups is 2. The van der Waals surface area contributed by atoms with Crippen LogP contribution in [0.2, 0.25) is 0 Å². The van der Waals surface area contributed by atoms with Crippen LogP contribution in [-0.2, 0) is 16.1 Å². The van der Waals surface area contributed by atoms with Crippen LogP contribution in [0.4, 0.5) is 0 Å². The van der Waals surface area contributed by atoms with Gasteiger partial charge in [-0.1, -0.05) is 51.1 Å². The number of fused-ring (bicyclic) bond motifs is 1. The van der Waals surface area contributed by atoms with E-state index in [4.69, 9.17) is 0 Å². The maximum atomic E-state index is 13.0. The SMILES string of the molecule is CC(C)(C)C(=O)NCCCC(=O)N1CCn2cccc2C1c1ccccc1. The molecule has 1 aliphatic rings. The van der Waals surface area contributed by atoms with Gasteiger partial charge >= 0.3 is 0 Å². The van der Waals surface area contributed by atoms with Crippen molar-refractivity contribution in [2.45, 2.75) is 46.2 Å². The number of aromatic nitrogens is 1. The van der Waals surface area contributed by atoms with Crippen molar-refractivity contribution in [2.24, 2.45) is 5.41 Å². The van der Waals surface area contributed by atoms with Crippen LogP contribution in [0, 0.1) is 5.41 Å². The summed E-state index contributed by atoms with van der Waals surface area (Å²) in [6, 6.07) is 14.3. The first kappa shape index (κ1) is 19.2. The lowest BCUT2D eigenvalue weighted by atomic mass is 9.95. The highest BCUT2D eigenvalue weighted by atomic mass is 16.2. The number of amides is 2. The molecular weight excluding hydrogens is 338 g/mol. The molecule has 5 heteroatoms. The van der Waals surface area contributed by atoms with Crippen LogP contribution < -0.4 is 5.32 Å². The highest BCUT2D eigenvalue weighted by molar-refractivity contribution is 5.81. The third kappa shape index (κ3) is 4.41. The lowest BCUT2D eigenvalue weighted by Gasteiger charge is -2.37. The second-order valence-corrected chi connectivity index (χ2v) is 8.14. The summed E-state index contributed by atoms with van der Waals surface area (Å²) < 4.78 is 2.23. The summed E-state index contributed by atoms with van der Waals surface area (Å²) in [7, 11) is 0. The van der Waals surface area contributed by atoms with Gasteiger partial charge in [-0.15, -0.1) is 0 Å². The van der Waals surface area contributed by atoms with Crippen molar-refractivity contribution in [1.82, 2.24) is 14.8 Å². The highest BCUT2D eigenvalue weighted by Gasteiger charge is 2.31. The van der Waals surface area contributed by atoms with Crippen molar-refractivity contribution in [3.05, 3.63) is 59.9 Å². The summed E-state index contributed by atoms with van der Waals surface area (Å²) in [6.45, 7) is 7.72. The molecule has 3 rings (SSSR count). The molecule has 2 amide bonds. The molecule has 0 saturated heterocycles. The predicted molar refractivity (Wildman–Crippen MR) is 106 cm³/mol. The van der Waals surface area contributed by atoms with E-state index >= 15 is 0 Å². The molecule has 0 radical (unpaired) electrons. The zero-order valence-corrected chi connectivity index (χ0v) is 16.4. The van der Waals surface area contributed by atoms with Gasteiger partial charge in [-0.25, -0.2) is 0 Å². The predicted octanol–water partition coefficient (Wildman–Crippen LogP) is 3.36. The molecular formula is C22H29N3O2. The topological polar surface area (TPSA) is 54.3 Å². The van der Waals surface area contributed by atoms with Gasteiger partial charge in [0, 0.05) is 43.4 Å². The molecule has 0 spiro atoms. The Labute approximate surface area is 161 Å². The van der Waals surface area contributed by atoms with Crippen molar-refractivity contribution < 1.29 is 9.59 Å². The first-order chi connectivity index (χ1) is 12.9. The Hall–Kier alpha value is -2.56. The molecule has 1 N–H and O–H groups in total. The van der Waals surface area contributed by atoms with Crippen molar-refractivity contribution in [3.8, 4) is 0 Å². The smallest absolute Gasteiger partial charge is 0.225 e. The molecule has 0 bridgehead atoms. The Morgan fingerprint density at radius 2 is 1.81 bits per heavy atom. The lowest BCUT2D eigenvalue weighted by Crippen LogP contribution is -2.42. The van der Waals surface area contributed by atoms with Crippen LogP contribution in [0.25, 0.3) is 0 Å². The third-order valence-corrected chi connectivity index (χ3v) is 5.01. The molecule has 5 nitrogen and oxygen atoms in total. The minimum absolute atomic E-state index is 0.0212. The molecule has 144 valence electrons. The average Bonchev–Trinajstić information content (AvgIpc) is 3.12. The van der Waals surface area contributed by atoms with Crippen molar-refractivity contribution in [2.75, 3.05) is 13.1 Å². The Morgan fingerprint density at radius 3 is 2.52 bits per heavy atom. The number of nitrogens with zero attached hydrogens (tertiary/aromatic N) is 2. The van der Waals surface area contributed by atoms with Gasteiger partial charge in [0.05, 0.1) is 6.04 Å². The van der Waals surface area contributed by atoms with Gasteiger partial charge in [0.1, 0.15) is 0 Å². The minimum Gasteiger partial charge on any atom is -0.356 e. The van der Waals surface area contributed by atoms with E-state index in [-0.39, 0.29) is 17.9 Å². The monoisotopic (exact) mass is 367 g/mol. The molecule has 0 saturated carbocycles. The van der Waals surface area contributed by atoms with Crippen molar-refractivity contribution in [1.29, 1.82) is 0 Å². The molecule has 1 atom stereocenters. The third-order valence-electron chi connectivity index (χ3n) is 5.01. The Bertz CT molecular complexity index is 789. The van der Waals surface area contributed by atoms with Crippen LogP contribution in [-0.4, -0.2) is 34.4 Å². The maximum Gasteiger partial charge on any atom is 0.225 e. The zero-order chi connectivity index (χ0) is 19.4. The summed E-state index contributed by atoms with van der Waals surface area (Å²) in [6.07, 6.45) is 3.17. The molecule has 27 heavy (non-hydrogen) atoms. The van der Waals surface area contributed by atoms with Crippen molar-refractivity contribution in [3.63, 3.8) is 0 Å². The van der Waals surface area contributed by atoms with E-state index in [0.717, 1.165) is 17.8 Å². The summed E-state index contributed by atoms with van der Waals surface area (Å²) >= 11 is 0. The molecule has 1 aromatic carbocycles. The van der Waals surface area contributed by atoms with Crippen LogP contribution in [0.5, 0.6) is 0 Å². The van der Waals surface area contributed by atoms with E-state index in [0.29, 0.717) is 25.9 Å². The first-order valence-corrected chi connectivity index (χ1v) is 9.65. The molecule has 2 heterocycles. The van der Waals surface area contributed by atoms with Crippen LogP contribution in [0.15, 0.2) is 48.7 Å². The van der Waals surface area contributed by atoms with Gasteiger partial charge in [0.2, 0.25) is 11.8 Å². The minimum atomic E-state index is -0.402. The van der Waals surface area contributed by atoms with Crippen molar-refractivity contribution >= 4 is 11.8 Å². The molecule has 2 aromatic rings. The summed E-state index contributed by atoms with van der Waals surface area (Å²) in [5.41, 5.74) is 1.88. The average molecular weight is 367 g/mol. The fraction of sp³-hybridized carbons (Fsp3) is 0.455. The van der Waals surface area contributed by atoms with Crippen LogP contribution in [0.1, 0.15) is 50.9 Å². The van der Waals surface area contributed by atoms with Gasteiger partial charge in [-0.3, -0.25) is 9.59 Å². The zero-order valence-electron chi connectivity index (χ0n) is 16.4. The van der Waals surface area contributed by atoms with E-state index in [1.807, 2.05) is 49.9 Å². The summed E-state index contributed by atoms with van der Waals surface area (Å²) in [4.78, 5) is 26.9. The second kappa shape index (κ2) is 7.99. The standard InChI is InChI=1S/C22H29N3O2/c1-22(2,3)21(27)23-13-7-12-19(26)25-16-15-24-14-8-11-18(24)20(25)17-9-5-4-6-10-17/h4-6,8-11,14,20H,7,12-13,15-16H2,1-3H3,(H,23,27). The number of benzene rings is 1. The van der Waals surface area contributed by atoms with E-state index in [2.05, 4.69) is 34.3 Å². The molecule has 1 aliphatic heterocycles. The van der Waals surface area contributed by atoms with E-state index in [1.54, 1.807) is 0 Å². The number of hydrogen-bond donors (Lipinski definition) is 1.